The number of sulfone groups is 1. The molecule has 2 rings (SSSR count). The van der Waals surface area contributed by atoms with Crippen LogP contribution in [0.25, 0.3) is 0 Å². The van der Waals surface area contributed by atoms with Crippen molar-refractivity contribution in [3.63, 3.8) is 0 Å². The molecule has 1 aliphatic rings. The number of urea groups is 1. The van der Waals surface area contributed by atoms with Crippen molar-refractivity contribution in [3.8, 4) is 0 Å². The molecule has 28 heavy (non-hydrogen) atoms. The summed E-state index contributed by atoms with van der Waals surface area (Å²) in [5.41, 5.74) is 1.13. The van der Waals surface area contributed by atoms with Gasteiger partial charge >= 0.3 is 6.03 Å². The molecule has 1 heterocycles. The van der Waals surface area contributed by atoms with Gasteiger partial charge in [0.1, 0.15) is 6.04 Å². The Labute approximate surface area is 164 Å². The number of hydrogen-bond donors (Lipinski definition) is 4. The van der Waals surface area contributed by atoms with E-state index < -0.39 is 33.9 Å². The van der Waals surface area contributed by atoms with Crippen LogP contribution in [0, 0.1) is 5.92 Å². The van der Waals surface area contributed by atoms with Gasteiger partial charge < -0.3 is 21.3 Å². The maximum atomic E-state index is 12.6. The van der Waals surface area contributed by atoms with E-state index in [1.54, 1.807) is 38.1 Å². The molecule has 1 saturated heterocycles. The van der Waals surface area contributed by atoms with E-state index in [0.717, 1.165) is 0 Å². The second-order valence-corrected chi connectivity index (χ2v) is 9.42. The minimum atomic E-state index is -3.10. The first-order valence-electron chi connectivity index (χ1n) is 9.01. The van der Waals surface area contributed by atoms with E-state index in [9.17, 15) is 22.8 Å². The average molecular weight is 410 g/mol. The lowest BCUT2D eigenvalue weighted by molar-refractivity contribution is -0.119. The Morgan fingerprint density at radius 2 is 1.61 bits per heavy atom. The molecule has 4 N–H and O–H groups in total. The van der Waals surface area contributed by atoms with Gasteiger partial charge in [0.15, 0.2) is 9.84 Å². The summed E-state index contributed by atoms with van der Waals surface area (Å²) in [5.74, 6) is -0.796. The summed E-state index contributed by atoms with van der Waals surface area (Å²) >= 11 is 0. The van der Waals surface area contributed by atoms with Gasteiger partial charge in [-0.05, 0) is 36.6 Å². The molecule has 0 saturated carbocycles. The minimum absolute atomic E-state index is 0.0561. The van der Waals surface area contributed by atoms with E-state index >= 15 is 0 Å². The summed E-state index contributed by atoms with van der Waals surface area (Å²) in [6, 6.07) is 4.78. The van der Waals surface area contributed by atoms with Crippen molar-refractivity contribution in [2.24, 2.45) is 5.92 Å². The third kappa shape index (κ3) is 6.52. The second-order valence-electron chi connectivity index (χ2n) is 7.19. The van der Waals surface area contributed by atoms with Gasteiger partial charge in [-0.15, -0.1) is 0 Å². The standard InChI is InChI=1S/C18H26N4O5S/c1-11(2)16(22-18(25)21-15-8-9-28(26,27)10-15)17(24)20-14-6-4-13(5-7-14)19-12(3)23/h4-7,11,15-16H,8-10H2,1-3H3,(H,19,23)(H,20,24)(H2,21,22,25)/t15?,16-/m0/s1. The highest BCUT2D eigenvalue weighted by Gasteiger charge is 2.30. The first-order valence-corrected chi connectivity index (χ1v) is 10.8. The minimum Gasteiger partial charge on any atom is -0.334 e. The van der Waals surface area contributed by atoms with Gasteiger partial charge in [0.05, 0.1) is 11.5 Å². The Morgan fingerprint density at radius 3 is 2.07 bits per heavy atom. The number of carbonyl (C=O) groups is 3. The van der Waals surface area contributed by atoms with E-state index in [1.807, 2.05) is 0 Å². The van der Waals surface area contributed by atoms with Gasteiger partial charge in [0.2, 0.25) is 11.8 Å². The molecule has 0 radical (unpaired) electrons. The zero-order chi connectivity index (χ0) is 20.9. The number of hydrogen-bond acceptors (Lipinski definition) is 5. The lowest BCUT2D eigenvalue weighted by Crippen LogP contribution is -2.52. The lowest BCUT2D eigenvalue weighted by Gasteiger charge is -2.23. The highest BCUT2D eigenvalue weighted by atomic mass is 32.2. The van der Waals surface area contributed by atoms with Crippen molar-refractivity contribution < 1.29 is 22.8 Å². The highest BCUT2D eigenvalue weighted by molar-refractivity contribution is 7.91. The number of amides is 4. The molecule has 0 spiro atoms. The molecule has 10 heteroatoms. The topological polar surface area (TPSA) is 133 Å². The molecular weight excluding hydrogens is 384 g/mol. The molecule has 154 valence electrons. The van der Waals surface area contributed by atoms with Crippen molar-refractivity contribution in [2.75, 3.05) is 22.1 Å². The van der Waals surface area contributed by atoms with Gasteiger partial charge in [0.25, 0.3) is 0 Å². The summed E-state index contributed by atoms with van der Waals surface area (Å²) in [4.78, 5) is 35.8. The quantitative estimate of drug-likeness (QED) is 0.557. The largest absolute Gasteiger partial charge is 0.334 e. The van der Waals surface area contributed by atoms with Crippen molar-refractivity contribution >= 4 is 39.1 Å². The monoisotopic (exact) mass is 410 g/mol. The zero-order valence-corrected chi connectivity index (χ0v) is 16.9. The lowest BCUT2D eigenvalue weighted by atomic mass is 10.0. The normalized spacial score (nSPS) is 18.9. The molecule has 4 amide bonds. The molecule has 1 fully saturated rings. The molecule has 1 aliphatic heterocycles. The molecule has 0 bridgehead atoms. The van der Waals surface area contributed by atoms with Crippen LogP contribution >= 0.6 is 0 Å². The Balaban J connectivity index is 1.94. The van der Waals surface area contributed by atoms with Crippen molar-refractivity contribution in [3.05, 3.63) is 24.3 Å². The van der Waals surface area contributed by atoms with Crippen LogP contribution in [0.5, 0.6) is 0 Å². The van der Waals surface area contributed by atoms with E-state index in [0.29, 0.717) is 17.8 Å². The third-order valence-corrected chi connectivity index (χ3v) is 6.04. The number of carbonyl (C=O) groups excluding carboxylic acids is 3. The summed E-state index contributed by atoms with van der Waals surface area (Å²) in [6.07, 6.45) is 0.370. The van der Waals surface area contributed by atoms with Crippen LogP contribution < -0.4 is 21.3 Å². The Hall–Kier alpha value is -2.62. The fraction of sp³-hybridized carbons (Fsp3) is 0.500. The Bertz CT molecular complexity index is 836. The maximum absolute atomic E-state index is 12.6. The van der Waals surface area contributed by atoms with E-state index in [2.05, 4.69) is 21.3 Å². The van der Waals surface area contributed by atoms with Crippen molar-refractivity contribution in [1.82, 2.24) is 10.6 Å². The van der Waals surface area contributed by atoms with Gasteiger partial charge in [-0.3, -0.25) is 9.59 Å². The van der Waals surface area contributed by atoms with Crippen molar-refractivity contribution in [1.29, 1.82) is 0 Å². The highest BCUT2D eigenvalue weighted by Crippen LogP contribution is 2.15. The Morgan fingerprint density at radius 1 is 1.04 bits per heavy atom. The van der Waals surface area contributed by atoms with Crippen LogP contribution in [0.1, 0.15) is 27.2 Å². The number of nitrogens with one attached hydrogen (secondary N) is 4. The molecule has 1 unspecified atom stereocenters. The van der Waals surface area contributed by atoms with Gasteiger partial charge in [-0.25, -0.2) is 13.2 Å². The average Bonchev–Trinajstić information content (AvgIpc) is 2.92. The predicted molar refractivity (Wildman–Crippen MR) is 107 cm³/mol. The molecule has 2 atom stereocenters. The molecule has 1 aromatic carbocycles. The van der Waals surface area contributed by atoms with Crippen LogP contribution in [0.3, 0.4) is 0 Å². The number of anilines is 2. The molecule has 1 aromatic rings. The zero-order valence-electron chi connectivity index (χ0n) is 16.1. The molecule has 0 aliphatic carbocycles. The summed E-state index contributed by atoms with van der Waals surface area (Å²) < 4.78 is 23.0. The van der Waals surface area contributed by atoms with Crippen molar-refractivity contribution in [2.45, 2.75) is 39.3 Å². The number of benzene rings is 1. The Kier molecular flexibility index (Phi) is 7.00. The summed E-state index contributed by atoms with van der Waals surface area (Å²) in [6.45, 7) is 5.00. The molecule has 9 nitrogen and oxygen atoms in total. The maximum Gasteiger partial charge on any atom is 0.315 e. The molecular formula is C18H26N4O5S. The van der Waals surface area contributed by atoms with Crippen LogP contribution in [-0.2, 0) is 19.4 Å². The van der Waals surface area contributed by atoms with Crippen LogP contribution in [0.15, 0.2) is 24.3 Å². The van der Waals surface area contributed by atoms with Gasteiger partial charge in [-0.1, -0.05) is 13.8 Å². The SMILES string of the molecule is CC(=O)Nc1ccc(NC(=O)[C@@H](NC(=O)NC2CCS(=O)(=O)C2)C(C)C)cc1. The summed E-state index contributed by atoms with van der Waals surface area (Å²) in [5, 5.41) is 10.6. The molecule has 0 aromatic heterocycles. The van der Waals surface area contributed by atoms with E-state index in [4.69, 9.17) is 0 Å². The fourth-order valence-corrected chi connectivity index (χ4v) is 4.55. The van der Waals surface area contributed by atoms with Gasteiger partial charge in [0, 0.05) is 24.3 Å². The summed E-state index contributed by atoms with van der Waals surface area (Å²) in [7, 11) is -3.10. The predicted octanol–water partition coefficient (Wildman–Crippen LogP) is 1.09. The van der Waals surface area contributed by atoms with E-state index in [1.165, 1.54) is 6.92 Å². The second kappa shape index (κ2) is 9.05. The van der Waals surface area contributed by atoms with Crippen LogP contribution in [-0.4, -0.2) is 49.9 Å². The number of rotatable bonds is 6. The van der Waals surface area contributed by atoms with Crippen LogP contribution in [0.4, 0.5) is 16.2 Å². The fourth-order valence-electron chi connectivity index (χ4n) is 2.87. The first-order chi connectivity index (χ1) is 13.1. The van der Waals surface area contributed by atoms with Gasteiger partial charge in [-0.2, -0.15) is 0 Å². The third-order valence-electron chi connectivity index (χ3n) is 4.28. The smallest absolute Gasteiger partial charge is 0.315 e. The first kappa shape index (κ1) is 21.7. The van der Waals surface area contributed by atoms with Crippen LogP contribution in [0.2, 0.25) is 0 Å². The van der Waals surface area contributed by atoms with E-state index in [-0.39, 0.29) is 23.3 Å².